The maximum Gasteiger partial charge on any atom is 0.0885 e. The quantitative estimate of drug-likeness (QED) is 0.773. The van der Waals surface area contributed by atoms with Gasteiger partial charge in [0, 0.05) is 19.2 Å². The van der Waals surface area contributed by atoms with Gasteiger partial charge in [0.15, 0.2) is 0 Å². The van der Waals surface area contributed by atoms with Crippen molar-refractivity contribution in [3.8, 4) is 11.3 Å². The summed E-state index contributed by atoms with van der Waals surface area (Å²) in [4.78, 5) is 0. The molecule has 2 aromatic rings. The molecule has 0 aliphatic carbocycles. The van der Waals surface area contributed by atoms with E-state index in [0.29, 0.717) is 0 Å². The first kappa shape index (κ1) is 9.54. The van der Waals surface area contributed by atoms with Crippen LogP contribution in [-0.4, -0.2) is 21.5 Å². The van der Waals surface area contributed by atoms with E-state index < -0.39 is 0 Å². The first-order chi connectivity index (χ1) is 7.86. The molecule has 16 heavy (non-hydrogen) atoms. The first-order valence-corrected chi connectivity index (χ1v) is 5.53. The van der Waals surface area contributed by atoms with Crippen LogP contribution in [0.2, 0.25) is 0 Å². The van der Waals surface area contributed by atoms with E-state index in [9.17, 15) is 0 Å². The average Bonchev–Trinajstić information content (AvgIpc) is 2.75. The molecule has 0 bridgehead atoms. The molecule has 4 nitrogen and oxygen atoms in total. The van der Waals surface area contributed by atoms with Gasteiger partial charge in [-0.05, 0) is 24.1 Å². The SMILES string of the molecule is Cn1nncc1-c1cccc2c1CNCC2. The lowest BCUT2D eigenvalue weighted by Gasteiger charge is -2.20. The van der Waals surface area contributed by atoms with E-state index in [4.69, 9.17) is 0 Å². The van der Waals surface area contributed by atoms with Crippen LogP contribution in [0.4, 0.5) is 0 Å². The maximum atomic E-state index is 3.99. The Kier molecular flexibility index (Phi) is 2.22. The third-order valence-corrected chi connectivity index (χ3v) is 3.14. The fourth-order valence-electron chi connectivity index (χ4n) is 2.29. The minimum atomic E-state index is 0.941. The third-order valence-electron chi connectivity index (χ3n) is 3.14. The highest BCUT2D eigenvalue weighted by atomic mass is 15.4. The molecule has 1 N–H and O–H groups in total. The minimum Gasteiger partial charge on any atom is -0.312 e. The summed E-state index contributed by atoms with van der Waals surface area (Å²) in [6, 6.07) is 6.47. The zero-order valence-corrected chi connectivity index (χ0v) is 9.27. The normalized spacial score (nSPS) is 14.8. The molecule has 0 saturated carbocycles. The molecule has 0 amide bonds. The second kappa shape index (κ2) is 3.72. The lowest BCUT2D eigenvalue weighted by molar-refractivity contribution is 0.643. The van der Waals surface area contributed by atoms with Crippen molar-refractivity contribution in [2.24, 2.45) is 7.05 Å². The topological polar surface area (TPSA) is 42.7 Å². The van der Waals surface area contributed by atoms with E-state index in [-0.39, 0.29) is 0 Å². The molecule has 1 aromatic carbocycles. The van der Waals surface area contributed by atoms with Crippen LogP contribution in [0.1, 0.15) is 11.1 Å². The van der Waals surface area contributed by atoms with Gasteiger partial charge >= 0.3 is 0 Å². The molecule has 0 fully saturated rings. The van der Waals surface area contributed by atoms with Gasteiger partial charge in [0.1, 0.15) is 0 Å². The number of rotatable bonds is 1. The third kappa shape index (κ3) is 1.42. The molecule has 0 saturated heterocycles. The van der Waals surface area contributed by atoms with E-state index in [0.717, 1.165) is 25.2 Å². The molecule has 2 heterocycles. The summed E-state index contributed by atoms with van der Waals surface area (Å²) in [7, 11) is 1.93. The fraction of sp³-hybridized carbons (Fsp3) is 0.333. The summed E-state index contributed by atoms with van der Waals surface area (Å²) >= 11 is 0. The van der Waals surface area contributed by atoms with Crippen molar-refractivity contribution in [2.45, 2.75) is 13.0 Å². The molecule has 0 radical (unpaired) electrons. The number of nitrogens with zero attached hydrogens (tertiary/aromatic N) is 3. The van der Waals surface area contributed by atoms with Gasteiger partial charge < -0.3 is 5.32 Å². The van der Waals surface area contributed by atoms with Gasteiger partial charge in [0.2, 0.25) is 0 Å². The molecular formula is C12H14N4. The van der Waals surface area contributed by atoms with Crippen molar-refractivity contribution in [1.82, 2.24) is 20.3 Å². The van der Waals surface area contributed by atoms with Gasteiger partial charge in [0.25, 0.3) is 0 Å². The molecule has 0 spiro atoms. The van der Waals surface area contributed by atoms with Crippen molar-refractivity contribution >= 4 is 0 Å². The van der Waals surface area contributed by atoms with Gasteiger partial charge in [0.05, 0.1) is 11.9 Å². The van der Waals surface area contributed by atoms with Gasteiger partial charge in [-0.3, -0.25) is 0 Å². The highest BCUT2D eigenvalue weighted by molar-refractivity contribution is 5.65. The Morgan fingerprint density at radius 2 is 2.31 bits per heavy atom. The summed E-state index contributed by atoms with van der Waals surface area (Å²) in [5.74, 6) is 0. The lowest BCUT2D eigenvalue weighted by atomic mass is 9.94. The number of aryl methyl sites for hydroxylation is 1. The largest absolute Gasteiger partial charge is 0.312 e. The Labute approximate surface area is 94.3 Å². The van der Waals surface area contributed by atoms with Crippen molar-refractivity contribution < 1.29 is 0 Å². The van der Waals surface area contributed by atoms with Crippen molar-refractivity contribution in [3.63, 3.8) is 0 Å². The number of fused-ring (bicyclic) bond motifs is 1. The van der Waals surface area contributed by atoms with Crippen LogP contribution in [0.5, 0.6) is 0 Å². The predicted molar refractivity (Wildman–Crippen MR) is 61.8 cm³/mol. The second-order valence-electron chi connectivity index (χ2n) is 4.11. The number of hydrogen-bond acceptors (Lipinski definition) is 3. The lowest BCUT2D eigenvalue weighted by Crippen LogP contribution is -2.24. The summed E-state index contributed by atoms with van der Waals surface area (Å²) < 4.78 is 1.82. The standard InChI is InChI=1S/C12H14N4/c1-16-12(8-14-15-16)10-4-2-3-9-5-6-13-7-11(9)10/h2-4,8,13H,5-7H2,1H3. The molecule has 0 atom stereocenters. The zero-order chi connectivity index (χ0) is 11.0. The van der Waals surface area contributed by atoms with Crippen LogP contribution in [0.3, 0.4) is 0 Å². The van der Waals surface area contributed by atoms with Crippen LogP contribution in [0.25, 0.3) is 11.3 Å². The van der Waals surface area contributed by atoms with E-state index in [2.05, 4.69) is 33.8 Å². The zero-order valence-electron chi connectivity index (χ0n) is 9.27. The van der Waals surface area contributed by atoms with Crippen molar-refractivity contribution in [3.05, 3.63) is 35.5 Å². The fourth-order valence-corrected chi connectivity index (χ4v) is 2.29. The molecule has 1 aliphatic heterocycles. The van der Waals surface area contributed by atoms with Crippen LogP contribution < -0.4 is 5.32 Å². The number of benzene rings is 1. The van der Waals surface area contributed by atoms with E-state index in [1.54, 1.807) is 0 Å². The average molecular weight is 214 g/mol. The Morgan fingerprint density at radius 3 is 3.12 bits per heavy atom. The van der Waals surface area contributed by atoms with Crippen LogP contribution >= 0.6 is 0 Å². The van der Waals surface area contributed by atoms with E-state index in [1.807, 2.05) is 17.9 Å². The summed E-state index contributed by atoms with van der Waals surface area (Å²) in [6.45, 7) is 2.01. The Morgan fingerprint density at radius 1 is 1.38 bits per heavy atom. The Bertz CT molecular complexity index is 515. The van der Waals surface area contributed by atoms with E-state index in [1.165, 1.54) is 16.7 Å². The molecule has 3 rings (SSSR count). The monoisotopic (exact) mass is 214 g/mol. The van der Waals surface area contributed by atoms with Crippen LogP contribution in [-0.2, 0) is 20.0 Å². The molecule has 4 heteroatoms. The number of aromatic nitrogens is 3. The molecular weight excluding hydrogens is 200 g/mol. The van der Waals surface area contributed by atoms with Gasteiger partial charge in [-0.15, -0.1) is 5.10 Å². The predicted octanol–water partition coefficient (Wildman–Crippen LogP) is 1.13. The van der Waals surface area contributed by atoms with Gasteiger partial charge in [-0.1, -0.05) is 23.4 Å². The molecule has 82 valence electrons. The summed E-state index contributed by atoms with van der Waals surface area (Å²) in [5, 5.41) is 11.3. The van der Waals surface area contributed by atoms with Crippen LogP contribution in [0, 0.1) is 0 Å². The number of hydrogen-bond donors (Lipinski definition) is 1. The minimum absolute atomic E-state index is 0.941. The molecule has 0 unspecified atom stereocenters. The van der Waals surface area contributed by atoms with Crippen molar-refractivity contribution in [2.75, 3.05) is 6.54 Å². The first-order valence-electron chi connectivity index (χ1n) is 5.53. The van der Waals surface area contributed by atoms with E-state index >= 15 is 0 Å². The summed E-state index contributed by atoms with van der Waals surface area (Å²) in [6.07, 6.45) is 2.93. The van der Waals surface area contributed by atoms with Crippen molar-refractivity contribution in [1.29, 1.82) is 0 Å². The molecule has 1 aliphatic rings. The molecule has 1 aromatic heterocycles. The highest BCUT2D eigenvalue weighted by Crippen LogP contribution is 2.27. The Balaban J connectivity index is 2.18. The maximum absolute atomic E-state index is 3.99. The van der Waals surface area contributed by atoms with Gasteiger partial charge in [-0.2, -0.15) is 0 Å². The summed E-state index contributed by atoms with van der Waals surface area (Å²) in [5.41, 5.74) is 5.16. The second-order valence-corrected chi connectivity index (χ2v) is 4.11. The Hall–Kier alpha value is -1.68. The van der Waals surface area contributed by atoms with Gasteiger partial charge in [-0.25, -0.2) is 4.68 Å². The number of nitrogens with one attached hydrogen (secondary N) is 1. The highest BCUT2D eigenvalue weighted by Gasteiger charge is 2.15. The van der Waals surface area contributed by atoms with Crippen LogP contribution in [0.15, 0.2) is 24.4 Å². The smallest absolute Gasteiger partial charge is 0.0885 e.